The Morgan fingerprint density at radius 3 is 2.21 bits per heavy atom. The maximum Gasteiger partial charge on any atom is 0.238 e. The molecule has 2 rings (SSSR count). The normalized spacial score (nSPS) is 12.2. The predicted molar refractivity (Wildman–Crippen MR) is 110 cm³/mol. The largest absolute Gasteiger partial charge is 0.494 e. The van der Waals surface area contributed by atoms with Gasteiger partial charge in [0, 0.05) is 18.4 Å². The maximum absolute atomic E-state index is 12.3. The molecular formula is C21H26N2O5S. The molecule has 2 aromatic carbocycles. The molecule has 1 amide bonds. The molecule has 0 aromatic heterocycles. The number of nitrogens with one attached hydrogen (secondary N) is 1. The molecule has 3 N–H and O–H groups in total. The van der Waals surface area contributed by atoms with E-state index in [1.165, 1.54) is 12.1 Å². The summed E-state index contributed by atoms with van der Waals surface area (Å²) in [4.78, 5) is 24.4. The highest BCUT2D eigenvalue weighted by Crippen LogP contribution is 2.17. The fourth-order valence-electron chi connectivity index (χ4n) is 2.67. The molecule has 0 fully saturated rings. The summed E-state index contributed by atoms with van der Waals surface area (Å²) in [6, 6.07) is 12.5. The lowest BCUT2D eigenvalue weighted by Gasteiger charge is -2.14. The Hall–Kier alpha value is -2.71. The molecule has 0 radical (unpaired) electrons. The molecule has 156 valence electrons. The molecule has 0 heterocycles. The third-order valence-corrected chi connectivity index (χ3v) is 5.24. The van der Waals surface area contributed by atoms with Crippen LogP contribution in [-0.2, 0) is 14.8 Å². The van der Waals surface area contributed by atoms with E-state index in [0.29, 0.717) is 17.9 Å². The number of nitrogens with two attached hydrogens (primary N) is 1. The van der Waals surface area contributed by atoms with Crippen molar-refractivity contribution in [3.8, 4) is 5.75 Å². The second-order valence-electron chi connectivity index (χ2n) is 6.70. The van der Waals surface area contributed by atoms with Gasteiger partial charge in [-0.15, -0.1) is 0 Å². The highest BCUT2D eigenvalue weighted by molar-refractivity contribution is 7.89. The van der Waals surface area contributed by atoms with Crippen LogP contribution in [0, 0.1) is 0 Å². The summed E-state index contributed by atoms with van der Waals surface area (Å²) in [6.07, 6.45) is 1.06. The Morgan fingerprint density at radius 2 is 1.66 bits per heavy atom. The molecular weight excluding hydrogens is 392 g/mol. The zero-order valence-electron chi connectivity index (χ0n) is 16.6. The van der Waals surface area contributed by atoms with Gasteiger partial charge in [0.2, 0.25) is 15.9 Å². The van der Waals surface area contributed by atoms with Gasteiger partial charge in [0.15, 0.2) is 5.78 Å². The number of carbonyl (C=O) groups is 2. The smallest absolute Gasteiger partial charge is 0.238 e. The van der Waals surface area contributed by atoms with Crippen molar-refractivity contribution < 1.29 is 22.7 Å². The highest BCUT2D eigenvalue weighted by atomic mass is 32.2. The van der Waals surface area contributed by atoms with Crippen LogP contribution >= 0.6 is 0 Å². The number of ether oxygens (including phenoxy) is 1. The van der Waals surface area contributed by atoms with Gasteiger partial charge in [-0.3, -0.25) is 9.59 Å². The second-order valence-corrected chi connectivity index (χ2v) is 8.26. The molecule has 8 heteroatoms. The molecule has 0 saturated carbocycles. The first kappa shape index (κ1) is 22.6. The SMILES string of the molecule is CCCOc1ccc(C(=O)CCC(=O)NC(C)c2ccc(S(N)(=O)=O)cc2)cc1. The van der Waals surface area contributed by atoms with E-state index >= 15 is 0 Å². The number of benzene rings is 2. The number of primary sulfonamides is 1. The zero-order chi connectivity index (χ0) is 21.4. The van der Waals surface area contributed by atoms with Crippen LogP contribution in [0.2, 0.25) is 0 Å². The van der Waals surface area contributed by atoms with Crippen molar-refractivity contribution in [3.05, 3.63) is 59.7 Å². The fraction of sp³-hybridized carbons (Fsp3) is 0.333. The lowest BCUT2D eigenvalue weighted by Crippen LogP contribution is -2.27. The summed E-state index contributed by atoms with van der Waals surface area (Å²) in [6.45, 7) is 4.42. The third-order valence-electron chi connectivity index (χ3n) is 4.31. The molecule has 29 heavy (non-hydrogen) atoms. The minimum absolute atomic E-state index is 0.0106. The van der Waals surface area contributed by atoms with E-state index in [9.17, 15) is 18.0 Å². The van der Waals surface area contributed by atoms with Crippen molar-refractivity contribution >= 4 is 21.7 Å². The minimum Gasteiger partial charge on any atom is -0.494 e. The summed E-state index contributed by atoms with van der Waals surface area (Å²) in [5, 5.41) is 7.87. The van der Waals surface area contributed by atoms with Crippen molar-refractivity contribution in [2.24, 2.45) is 5.14 Å². The summed E-state index contributed by atoms with van der Waals surface area (Å²) in [5.41, 5.74) is 1.27. The molecule has 0 aliphatic rings. The molecule has 1 atom stereocenters. The van der Waals surface area contributed by atoms with Gasteiger partial charge in [-0.25, -0.2) is 13.6 Å². The molecule has 0 aliphatic carbocycles. The minimum atomic E-state index is -3.75. The number of ketones is 1. The number of sulfonamides is 1. The second kappa shape index (κ2) is 10.2. The van der Waals surface area contributed by atoms with Crippen molar-refractivity contribution in [1.29, 1.82) is 0 Å². The van der Waals surface area contributed by atoms with Crippen LogP contribution < -0.4 is 15.2 Å². The number of hydrogen-bond donors (Lipinski definition) is 2. The number of rotatable bonds is 10. The average Bonchev–Trinajstić information content (AvgIpc) is 2.70. The topological polar surface area (TPSA) is 116 Å². The molecule has 1 unspecified atom stereocenters. The van der Waals surface area contributed by atoms with E-state index in [1.54, 1.807) is 43.3 Å². The highest BCUT2D eigenvalue weighted by Gasteiger charge is 2.14. The first-order valence-electron chi connectivity index (χ1n) is 9.39. The monoisotopic (exact) mass is 418 g/mol. The lowest BCUT2D eigenvalue weighted by molar-refractivity contribution is -0.121. The third kappa shape index (κ3) is 6.99. The van der Waals surface area contributed by atoms with E-state index in [0.717, 1.165) is 12.0 Å². The van der Waals surface area contributed by atoms with Crippen LogP contribution in [0.3, 0.4) is 0 Å². The standard InChI is InChI=1S/C21H26N2O5S/c1-3-14-28-18-8-4-17(5-9-18)20(24)12-13-21(25)23-15(2)16-6-10-19(11-7-16)29(22,26)27/h4-11,15H,3,12-14H2,1-2H3,(H,23,25)(H2,22,26,27). The van der Waals surface area contributed by atoms with Crippen molar-refractivity contribution in [1.82, 2.24) is 5.32 Å². The Bertz CT molecular complexity index is 938. The summed E-state index contributed by atoms with van der Waals surface area (Å²) < 4.78 is 28.1. The predicted octanol–water partition coefficient (Wildman–Crippen LogP) is 2.96. The van der Waals surface area contributed by atoms with Crippen LogP contribution in [0.1, 0.15) is 55.1 Å². The zero-order valence-corrected chi connectivity index (χ0v) is 17.4. The van der Waals surface area contributed by atoms with Crippen molar-refractivity contribution in [3.63, 3.8) is 0 Å². The van der Waals surface area contributed by atoms with Crippen LogP contribution in [0.25, 0.3) is 0 Å². The summed E-state index contributed by atoms with van der Waals surface area (Å²) >= 11 is 0. The summed E-state index contributed by atoms with van der Waals surface area (Å²) in [5.74, 6) is 0.333. The Morgan fingerprint density at radius 1 is 1.03 bits per heavy atom. The van der Waals surface area contributed by atoms with Crippen LogP contribution in [0.5, 0.6) is 5.75 Å². The van der Waals surface area contributed by atoms with E-state index in [-0.39, 0.29) is 35.5 Å². The van der Waals surface area contributed by atoms with Gasteiger partial charge < -0.3 is 10.1 Å². The summed E-state index contributed by atoms with van der Waals surface area (Å²) in [7, 11) is -3.75. The Kier molecular flexibility index (Phi) is 7.92. The number of Topliss-reactive ketones (excluding diaryl/α,β-unsaturated/α-hetero) is 1. The van der Waals surface area contributed by atoms with Crippen molar-refractivity contribution in [2.75, 3.05) is 6.61 Å². The van der Waals surface area contributed by atoms with Gasteiger partial charge in [0.05, 0.1) is 17.5 Å². The van der Waals surface area contributed by atoms with Gasteiger partial charge in [0.1, 0.15) is 5.75 Å². The molecule has 2 aromatic rings. The molecule has 0 saturated heterocycles. The Labute approximate surface area is 171 Å². The van der Waals surface area contributed by atoms with Gasteiger partial charge in [-0.1, -0.05) is 19.1 Å². The first-order valence-corrected chi connectivity index (χ1v) is 10.9. The quantitative estimate of drug-likeness (QED) is 0.576. The van der Waals surface area contributed by atoms with E-state index in [2.05, 4.69) is 5.32 Å². The maximum atomic E-state index is 12.3. The molecule has 7 nitrogen and oxygen atoms in total. The average molecular weight is 419 g/mol. The van der Waals surface area contributed by atoms with E-state index in [1.807, 2.05) is 6.92 Å². The van der Waals surface area contributed by atoms with Gasteiger partial charge >= 0.3 is 0 Å². The van der Waals surface area contributed by atoms with Crippen molar-refractivity contribution in [2.45, 2.75) is 44.0 Å². The van der Waals surface area contributed by atoms with E-state index in [4.69, 9.17) is 9.88 Å². The van der Waals surface area contributed by atoms with Gasteiger partial charge in [-0.2, -0.15) is 0 Å². The van der Waals surface area contributed by atoms with E-state index < -0.39 is 10.0 Å². The van der Waals surface area contributed by atoms with Crippen LogP contribution in [0.15, 0.2) is 53.4 Å². The van der Waals surface area contributed by atoms with Gasteiger partial charge in [-0.05, 0) is 55.3 Å². The molecule has 0 bridgehead atoms. The van der Waals surface area contributed by atoms with Crippen LogP contribution in [-0.4, -0.2) is 26.7 Å². The number of amides is 1. The Balaban J connectivity index is 1.84. The molecule has 0 spiro atoms. The van der Waals surface area contributed by atoms with Gasteiger partial charge in [0.25, 0.3) is 0 Å². The number of carbonyl (C=O) groups excluding carboxylic acids is 2. The fourth-order valence-corrected chi connectivity index (χ4v) is 3.19. The lowest BCUT2D eigenvalue weighted by atomic mass is 10.1. The van der Waals surface area contributed by atoms with Crippen LogP contribution in [0.4, 0.5) is 0 Å². The first-order chi connectivity index (χ1) is 13.7. The number of hydrogen-bond acceptors (Lipinski definition) is 5. The molecule has 0 aliphatic heterocycles.